The van der Waals surface area contributed by atoms with E-state index in [1.54, 1.807) is 0 Å². The Kier molecular flexibility index (Phi) is 50.4. The van der Waals surface area contributed by atoms with Gasteiger partial charge in [-0.3, -0.25) is 14.4 Å². The van der Waals surface area contributed by atoms with Gasteiger partial charge in [-0.25, -0.2) is 0 Å². The molecule has 0 saturated heterocycles. The van der Waals surface area contributed by atoms with E-state index >= 15 is 0 Å². The molecule has 0 aromatic carbocycles. The summed E-state index contributed by atoms with van der Waals surface area (Å²) >= 11 is 0. The van der Waals surface area contributed by atoms with Gasteiger partial charge in [-0.2, -0.15) is 0 Å². The van der Waals surface area contributed by atoms with Crippen molar-refractivity contribution >= 4 is 17.9 Å². The standard InChI is InChI=1S/C58H102O6/c1-4-7-10-13-16-19-22-24-26-28-30-31-33-36-39-42-45-48-51-57(60)63-54-55(53-62-56(59)50-47-44-41-38-35-21-18-15-12-9-6-3)64-58(61)52-49-46-43-40-37-34-32-29-27-25-23-20-17-14-11-8-5-2/h15,17-18,20,25,27,32,34,40,43,55H,4-14,16,19,21-24,26,28-31,33,35-39,41-42,44-54H2,1-3H3/b18-15-,20-17-,27-25-,34-32-,43-40-. The summed E-state index contributed by atoms with van der Waals surface area (Å²) in [5, 5.41) is 0. The van der Waals surface area contributed by atoms with Crippen LogP contribution in [0.25, 0.3) is 0 Å². The smallest absolute Gasteiger partial charge is 0.306 e. The largest absolute Gasteiger partial charge is 0.462 e. The number of hydrogen-bond acceptors (Lipinski definition) is 6. The molecule has 0 saturated carbocycles. The van der Waals surface area contributed by atoms with Crippen LogP contribution in [0, 0.1) is 0 Å². The van der Waals surface area contributed by atoms with Gasteiger partial charge in [0.2, 0.25) is 0 Å². The van der Waals surface area contributed by atoms with Crippen molar-refractivity contribution < 1.29 is 28.6 Å². The molecule has 0 aliphatic heterocycles. The van der Waals surface area contributed by atoms with Crippen molar-refractivity contribution in [3.63, 3.8) is 0 Å². The van der Waals surface area contributed by atoms with E-state index < -0.39 is 6.10 Å². The van der Waals surface area contributed by atoms with Crippen LogP contribution < -0.4 is 0 Å². The lowest BCUT2D eigenvalue weighted by Gasteiger charge is -2.18. The van der Waals surface area contributed by atoms with Gasteiger partial charge in [0.25, 0.3) is 0 Å². The highest BCUT2D eigenvalue weighted by Crippen LogP contribution is 2.16. The second-order valence-electron chi connectivity index (χ2n) is 18.1. The first-order valence-electron chi connectivity index (χ1n) is 27.3. The van der Waals surface area contributed by atoms with Crippen LogP contribution >= 0.6 is 0 Å². The molecule has 0 N–H and O–H groups in total. The number of ether oxygens (including phenoxy) is 3. The van der Waals surface area contributed by atoms with E-state index in [9.17, 15) is 14.4 Å². The zero-order chi connectivity index (χ0) is 46.5. The Balaban J connectivity index is 4.41. The zero-order valence-corrected chi connectivity index (χ0v) is 42.3. The maximum atomic E-state index is 12.8. The van der Waals surface area contributed by atoms with Crippen LogP contribution in [0.4, 0.5) is 0 Å². The van der Waals surface area contributed by atoms with Crippen LogP contribution in [0.2, 0.25) is 0 Å². The predicted octanol–water partition coefficient (Wildman–Crippen LogP) is 18.0. The highest BCUT2D eigenvalue weighted by Gasteiger charge is 2.19. The molecule has 0 aromatic rings. The highest BCUT2D eigenvalue weighted by molar-refractivity contribution is 5.71. The quantitative estimate of drug-likeness (QED) is 0.0262. The van der Waals surface area contributed by atoms with E-state index in [0.29, 0.717) is 19.3 Å². The van der Waals surface area contributed by atoms with Crippen LogP contribution in [0.5, 0.6) is 0 Å². The molecule has 1 unspecified atom stereocenters. The lowest BCUT2D eigenvalue weighted by molar-refractivity contribution is -0.167. The van der Waals surface area contributed by atoms with E-state index in [1.165, 1.54) is 154 Å². The highest BCUT2D eigenvalue weighted by atomic mass is 16.6. The van der Waals surface area contributed by atoms with E-state index in [2.05, 4.69) is 81.5 Å². The fourth-order valence-electron chi connectivity index (χ4n) is 7.59. The van der Waals surface area contributed by atoms with Gasteiger partial charge >= 0.3 is 17.9 Å². The van der Waals surface area contributed by atoms with Crippen molar-refractivity contribution in [3.05, 3.63) is 60.8 Å². The number of hydrogen-bond donors (Lipinski definition) is 0. The Morgan fingerprint density at radius 2 is 0.594 bits per heavy atom. The first-order chi connectivity index (χ1) is 31.5. The molecule has 0 heterocycles. The topological polar surface area (TPSA) is 78.9 Å². The molecule has 370 valence electrons. The van der Waals surface area contributed by atoms with Gasteiger partial charge in [-0.15, -0.1) is 0 Å². The third-order valence-corrected chi connectivity index (χ3v) is 11.7. The van der Waals surface area contributed by atoms with Crippen LogP contribution in [-0.4, -0.2) is 37.2 Å². The molecule has 0 bridgehead atoms. The molecule has 64 heavy (non-hydrogen) atoms. The first-order valence-corrected chi connectivity index (χ1v) is 27.3. The second-order valence-corrected chi connectivity index (χ2v) is 18.1. The summed E-state index contributed by atoms with van der Waals surface area (Å²) < 4.78 is 16.8. The minimum atomic E-state index is -0.803. The minimum absolute atomic E-state index is 0.0963. The molecule has 0 amide bonds. The lowest BCUT2D eigenvalue weighted by Crippen LogP contribution is -2.30. The fourth-order valence-corrected chi connectivity index (χ4v) is 7.59. The zero-order valence-electron chi connectivity index (χ0n) is 42.3. The summed E-state index contributed by atoms with van der Waals surface area (Å²) in [6, 6.07) is 0. The first kappa shape index (κ1) is 61.1. The molecule has 0 fully saturated rings. The number of allylic oxidation sites excluding steroid dienone is 10. The average Bonchev–Trinajstić information content (AvgIpc) is 3.29. The molecule has 0 radical (unpaired) electrons. The van der Waals surface area contributed by atoms with Crippen molar-refractivity contribution in [2.24, 2.45) is 0 Å². The van der Waals surface area contributed by atoms with Gasteiger partial charge < -0.3 is 14.2 Å². The van der Waals surface area contributed by atoms with Crippen molar-refractivity contribution in [2.75, 3.05) is 13.2 Å². The monoisotopic (exact) mass is 895 g/mol. The van der Waals surface area contributed by atoms with Crippen LogP contribution in [-0.2, 0) is 28.6 Å². The Bertz CT molecular complexity index is 1170. The van der Waals surface area contributed by atoms with E-state index in [-0.39, 0.29) is 37.5 Å². The van der Waals surface area contributed by atoms with E-state index in [0.717, 1.165) is 70.6 Å². The lowest BCUT2D eigenvalue weighted by atomic mass is 10.0. The summed E-state index contributed by atoms with van der Waals surface area (Å²) in [7, 11) is 0. The molecule has 0 aliphatic rings. The average molecular weight is 895 g/mol. The number of rotatable bonds is 49. The van der Waals surface area contributed by atoms with Crippen LogP contribution in [0.1, 0.15) is 271 Å². The molecule has 6 heteroatoms. The van der Waals surface area contributed by atoms with Crippen molar-refractivity contribution in [3.8, 4) is 0 Å². The molecular formula is C58H102O6. The molecular weight excluding hydrogens is 793 g/mol. The van der Waals surface area contributed by atoms with Gasteiger partial charge in [0.15, 0.2) is 6.10 Å². The van der Waals surface area contributed by atoms with Gasteiger partial charge in [0.1, 0.15) is 13.2 Å². The van der Waals surface area contributed by atoms with E-state index in [1.807, 2.05) is 0 Å². The molecule has 1 atom stereocenters. The third kappa shape index (κ3) is 50.1. The predicted molar refractivity (Wildman–Crippen MR) is 275 cm³/mol. The van der Waals surface area contributed by atoms with Crippen molar-refractivity contribution in [1.82, 2.24) is 0 Å². The Labute approximate surface area is 396 Å². The molecule has 0 rings (SSSR count). The van der Waals surface area contributed by atoms with Gasteiger partial charge in [0, 0.05) is 19.3 Å². The van der Waals surface area contributed by atoms with Crippen LogP contribution in [0.15, 0.2) is 60.8 Å². The molecule has 0 aromatic heterocycles. The summed E-state index contributed by atoms with van der Waals surface area (Å²) in [6.07, 6.45) is 65.0. The molecule has 0 spiro atoms. The third-order valence-electron chi connectivity index (χ3n) is 11.7. The van der Waals surface area contributed by atoms with Crippen molar-refractivity contribution in [1.29, 1.82) is 0 Å². The number of carbonyl (C=O) groups is 3. The number of esters is 3. The van der Waals surface area contributed by atoms with Gasteiger partial charge in [-0.05, 0) is 77.0 Å². The SMILES string of the molecule is CCCC/C=C\CCCCCCCC(=O)OCC(COC(=O)CCCCCCCCCCCCCCCCCCCC)OC(=O)CCC/C=C\C/C=C\C/C=C\C/C=C\CCCCC. The van der Waals surface area contributed by atoms with Crippen LogP contribution in [0.3, 0.4) is 0 Å². The normalized spacial score (nSPS) is 12.5. The summed E-state index contributed by atoms with van der Waals surface area (Å²) in [5.74, 6) is -0.955. The van der Waals surface area contributed by atoms with Gasteiger partial charge in [0.05, 0.1) is 0 Å². The second kappa shape index (κ2) is 52.7. The summed E-state index contributed by atoms with van der Waals surface area (Å²) in [6.45, 7) is 6.54. The van der Waals surface area contributed by atoms with Gasteiger partial charge in [-0.1, -0.05) is 236 Å². The Morgan fingerprint density at radius 3 is 1.02 bits per heavy atom. The fraction of sp³-hybridized carbons (Fsp3) is 0.776. The maximum Gasteiger partial charge on any atom is 0.306 e. The Morgan fingerprint density at radius 1 is 0.312 bits per heavy atom. The molecule has 6 nitrogen and oxygen atoms in total. The van der Waals surface area contributed by atoms with Crippen molar-refractivity contribution in [2.45, 2.75) is 277 Å². The van der Waals surface area contributed by atoms with E-state index in [4.69, 9.17) is 14.2 Å². The summed E-state index contributed by atoms with van der Waals surface area (Å²) in [4.78, 5) is 38.0. The molecule has 0 aliphatic carbocycles. The maximum absolute atomic E-state index is 12.8. The Hall–Kier alpha value is -2.89. The minimum Gasteiger partial charge on any atom is -0.462 e. The number of carbonyl (C=O) groups excluding carboxylic acids is 3. The summed E-state index contributed by atoms with van der Waals surface area (Å²) in [5.41, 5.74) is 0. The number of unbranched alkanes of at least 4 members (excludes halogenated alkanes) is 28.